The Kier molecular flexibility index (Phi) is 4.85. The lowest BCUT2D eigenvalue weighted by Crippen LogP contribution is -2.24. The molecule has 0 saturated heterocycles. The first-order chi connectivity index (χ1) is 11.9. The Morgan fingerprint density at radius 1 is 1.32 bits per heavy atom. The van der Waals surface area contributed by atoms with Gasteiger partial charge >= 0.3 is 5.97 Å². The van der Waals surface area contributed by atoms with Crippen molar-refractivity contribution < 1.29 is 14.3 Å². The summed E-state index contributed by atoms with van der Waals surface area (Å²) in [4.78, 5) is 24.1. The molecule has 134 valence electrons. The molecule has 1 aromatic rings. The topological polar surface area (TPSA) is 84.1 Å². The maximum atomic E-state index is 12.3. The number of carbonyl (C=O) groups excluding carboxylic acids is 2. The van der Waals surface area contributed by atoms with E-state index in [9.17, 15) is 14.9 Å². The van der Waals surface area contributed by atoms with Gasteiger partial charge in [-0.2, -0.15) is 5.26 Å². The molecule has 2 aliphatic rings. The molecule has 0 aromatic carbocycles. The van der Waals surface area contributed by atoms with E-state index in [1.165, 1.54) is 0 Å². The zero-order valence-corrected chi connectivity index (χ0v) is 15.1. The van der Waals surface area contributed by atoms with Crippen LogP contribution in [0.3, 0.4) is 0 Å². The van der Waals surface area contributed by atoms with Crippen molar-refractivity contribution >= 4 is 17.7 Å². The van der Waals surface area contributed by atoms with Gasteiger partial charge in [-0.3, -0.25) is 9.59 Å². The second kappa shape index (κ2) is 6.91. The summed E-state index contributed by atoms with van der Waals surface area (Å²) in [7, 11) is 0. The Hall–Kier alpha value is -2.29. The number of anilines is 1. The zero-order valence-electron chi connectivity index (χ0n) is 15.1. The lowest BCUT2D eigenvalue weighted by Gasteiger charge is -2.19. The number of ether oxygens (including phenoxy) is 1. The van der Waals surface area contributed by atoms with Gasteiger partial charge < -0.3 is 14.6 Å². The Balaban J connectivity index is 1.74. The summed E-state index contributed by atoms with van der Waals surface area (Å²) >= 11 is 0. The van der Waals surface area contributed by atoms with Crippen molar-refractivity contribution in [3.8, 4) is 6.07 Å². The van der Waals surface area contributed by atoms with E-state index in [0.29, 0.717) is 23.3 Å². The lowest BCUT2D eigenvalue weighted by atomic mass is 10.2. The van der Waals surface area contributed by atoms with Gasteiger partial charge in [0.2, 0.25) is 0 Å². The molecule has 1 amide bonds. The summed E-state index contributed by atoms with van der Waals surface area (Å²) in [6.45, 7) is 5.58. The number of aromatic nitrogens is 1. The summed E-state index contributed by atoms with van der Waals surface area (Å²) in [6.07, 6.45) is 5.26. The molecule has 1 aromatic heterocycles. The molecule has 1 N–H and O–H groups in total. The molecule has 0 spiro atoms. The molecular weight excluding hydrogens is 318 g/mol. The SMILES string of the molecule is Cc1c(C#N)c(NC(=O)COC(=O)C2CC2C)n(C2CCCC2)c1C. The molecule has 2 unspecified atom stereocenters. The standard InChI is InChI=1S/C19H25N3O3/c1-11-8-15(11)19(24)25-10-17(23)21-18-16(9-20)12(2)13(3)22(18)14-6-4-5-7-14/h11,14-15H,4-8,10H2,1-3H3,(H,21,23). The Morgan fingerprint density at radius 3 is 2.52 bits per heavy atom. The first-order valence-corrected chi connectivity index (χ1v) is 9.02. The predicted molar refractivity (Wildman–Crippen MR) is 93.0 cm³/mol. The van der Waals surface area contributed by atoms with Gasteiger partial charge in [0.1, 0.15) is 11.9 Å². The smallest absolute Gasteiger partial charge is 0.309 e. The van der Waals surface area contributed by atoms with E-state index in [4.69, 9.17) is 4.74 Å². The molecule has 0 bridgehead atoms. The number of amides is 1. The van der Waals surface area contributed by atoms with Gasteiger partial charge in [0.05, 0.1) is 11.5 Å². The van der Waals surface area contributed by atoms with Crippen LogP contribution in [0.5, 0.6) is 0 Å². The fourth-order valence-corrected chi connectivity index (χ4v) is 3.77. The molecule has 25 heavy (non-hydrogen) atoms. The van der Waals surface area contributed by atoms with E-state index in [0.717, 1.165) is 43.4 Å². The number of nitriles is 1. The normalized spacial score (nSPS) is 22.5. The quantitative estimate of drug-likeness (QED) is 0.832. The highest BCUT2D eigenvalue weighted by Gasteiger charge is 2.40. The minimum atomic E-state index is -0.394. The summed E-state index contributed by atoms with van der Waals surface area (Å²) in [5, 5.41) is 12.3. The number of hydrogen-bond acceptors (Lipinski definition) is 4. The van der Waals surface area contributed by atoms with Gasteiger partial charge in [-0.1, -0.05) is 19.8 Å². The van der Waals surface area contributed by atoms with E-state index in [-0.39, 0.29) is 18.5 Å². The van der Waals surface area contributed by atoms with Crippen LogP contribution in [0.25, 0.3) is 0 Å². The molecule has 2 fully saturated rings. The third-order valence-electron chi connectivity index (χ3n) is 5.57. The number of hydrogen-bond donors (Lipinski definition) is 1. The van der Waals surface area contributed by atoms with Crippen LogP contribution in [0.1, 0.15) is 61.9 Å². The molecule has 0 radical (unpaired) electrons. The second-order valence-corrected chi connectivity index (χ2v) is 7.33. The molecule has 1 heterocycles. The molecule has 6 heteroatoms. The van der Waals surface area contributed by atoms with Crippen LogP contribution in [0.15, 0.2) is 0 Å². The minimum Gasteiger partial charge on any atom is -0.455 e. The third kappa shape index (κ3) is 3.41. The van der Waals surface area contributed by atoms with Crippen molar-refractivity contribution in [2.45, 2.75) is 58.9 Å². The maximum absolute atomic E-state index is 12.3. The first-order valence-electron chi connectivity index (χ1n) is 9.02. The van der Waals surface area contributed by atoms with E-state index in [1.807, 2.05) is 20.8 Å². The molecule has 2 saturated carbocycles. The largest absolute Gasteiger partial charge is 0.455 e. The van der Waals surface area contributed by atoms with Crippen LogP contribution in [0, 0.1) is 37.0 Å². The summed E-state index contributed by atoms with van der Waals surface area (Å²) in [5.41, 5.74) is 2.41. The molecular formula is C19H25N3O3. The van der Waals surface area contributed by atoms with Gasteiger partial charge in [-0.05, 0) is 44.6 Å². The number of nitrogens with one attached hydrogen (secondary N) is 1. The van der Waals surface area contributed by atoms with Crippen LogP contribution in [-0.4, -0.2) is 23.1 Å². The highest BCUT2D eigenvalue weighted by molar-refractivity contribution is 5.94. The Labute approximate surface area is 148 Å². The average molecular weight is 343 g/mol. The Morgan fingerprint density at radius 2 is 1.96 bits per heavy atom. The van der Waals surface area contributed by atoms with Crippen LogP contribution in [-0.2, 0) is 14.3 Å². The van der Waals surface area contributed by atoms with Crippen molar-refractivity contribution in [1.29, 1.82) is 5.26 Å². The van der Waals surface area contributed by atoms with Crippen molar-refractivity contribution in [1.82, 2.24) is 4.57 Å². The first kappa shape index (κ1) is 17.5. The number of esters is 1. The second-order valence-electron chi connectivity index (χ2n) is 7.33. The highest BCUT2D eigenvalue weighted by Crippen LogP contribution is 2.39. The van der Waals surface area contributed by atoms with E-state index < -0.39 is 5.91 Å². The molecule has 2 aliphatic carbocycles. The minimum absolute atomic E-state index is 0.0608. The highest BCUT2D eigenvalue weighted by atomic mass is 16.5. The van der Waals surface area contributed by atoms with Gasteiger partial charge in [-0.25, -0.2) is 0 Å². The number of carbonyl (C=O) groups is 2. The number of rotatable bonds is 5. The molecule has 6 nitrogen and oxygen atoms in total. The van der Waals surface area contributed by atoms with E-state index in [2.05, 4.69) is 16.0 Å². The van der Waals surface area contributed by atoms with Crippen LogP contribution < -0.4 is 5.32 Å². The summed E-state index contributed by atoms with van der Waals surface area (Å²) in [5.74, 6) is 0.141. The monoisotopic (exact) mass is 343 g/mol. The predicted octanol–water partition coefficient (Wildman–Crippen LogP) is 3.23. The van der Waals surface area contributed by atoms with Gasteiger partial charge in [0.25, 0.3) is 5.91 Å². The van der Waals surface area contributed by atoms with E-state index in [1.54, 1.807) is 0 Å². The zero-order chi connectivity index (χ0) is 18.1. The number of nitrogens with zero attached hydrogens (tertiary/aromatic N) is 2. The van der Waals surface area contributed by atoms with Crippen LogP contribution in [0.4, 0.5) is 5.82 Å². The Bertz CT molecular complexity index is 738. The van der Waals surface area contributed by atoms with Crippen molar-refractivity contribution in [3.05, 3.63) is 16.8 Å². The fraction of sp³-hybridized carbons (Fsp3) is 0.632. The lowest BCUT2D eigenvalue weighted by molar-refractivity contribution is -0.148. The maximum Gasteiger partial charge on any atom is 0.309 e. The molecule has 3 rings (SSSR count). The summed E-state index contributed by atoms with van der Waals surface area (Å²) < 4.78 is 7.19. The van der Waals surface area contributed by atoms with Gasteiger partial charge in [0, 0.05) is 11.7 Å². The fourth-order valence-electron chi connectivity index (χ4n) is 3.77. The average Bonchev–Trinajstić information content (AvgIpc) is 3.00. The van der Waals surface area contributed by atoms with Gasteiger partial charge in [0.15, 0.2) is 6.61 Å². The molecule has 2 atom stereocenters. The van der Waals surface area contributed by atoms with Crippen LogP contribution in [0.2, 0.25) is 0 Å². The van der Waals surface area contributed by atoms with Crippen molar-refractivity contribution in [2.75, 3.05) is 11.9 Å². The van der Waals surface area contributed by atoms with Gasteiger partial charge in [-0.15, -0.1) is 0 Å². The summed E-state index contributed by atoms with van der Waals surface area (Å²) in [6, 6.07) is 2.52. The molecule has 0 aliphatic heterocycles. The van der Waals surface area contributed by atoms with Crippen LogP contribution >= 0.6 is 0 Å². The van der Waals surface area contributed by atoms with E-state index >= 15 is 0 Å². The van der Waals surface area contributed by atoms with Crippen molar-refractivity contribution in [2.24, 2.45) is 11.8 Å². The third-order valence-corrected chi connectivity index (χ3v) is 5.57. The van der Waals surface area contributed by atoms with Crippen molar-refractivity contribution in [3.63, 3.8) is 0 Å².